The Morgan fingerprint density at radius 1 is 1.35 bits per heavy atom. The maximum absolute atomic E-state index is 12.1. The van der Waals surface area contributed by atoms with Crippen molar-refractivity contribution < 1.29 is 14.3 Å². The van der Waals surface area contributed by atoms with Crippen LogP contribution in [0.4, 0.5) is 0 Å². The molecule has 1 saturated heterocycles. The Balaban J connectivity index is 2.00. The summed E-state index contributed by atoms with van der Waals surface area (Å²) >= 11 is 0. The molecule has 1 N–H and O–H groups in total. The van der Waals surface area contributed by atoms with Crippen LogP contribution >= 0.6 is 0 Å². The molecule has 5 nitrogen and oxygen atoms in total. The standard InChI is InChI=1S/C12H20N2O3/c1-8(2)13-11(15)10-7-17-6-5-14(10)12(16)9-3-4-9/h8-10H,3-7H2,1-2H3,(H,13,15). The summed E-state index contributed by atoms with van der Waals surface area (Å²) in [7, 11) is 0. The summed E-state index contributed by atoms with van der Waals surface area (Å²) in [6.07, 6.45) is 1.93. The molecule has 1 heterocycles. The van der Waals surface area contributed by atoms with Crippen LogP contribution in [0.3, 0.4) is 0 Å². The van der Waals surface area contributed by atoms with Gasteiger partial charge in [-0.3, -0.25) is 9.59 Å². The molecule has 0 radical (unpaired) electrons. The smallest absolute Gasteiger partial charge is 0.245 e. The zero-order chi connectivity index (χ0) is 12.4. The van der Waals surface area contributed by atoms with Crippen molar-refractivity contribution in [3.63, 3.8) is 0 Å². The normalized spacial score (nSPS) is 24.9. The van der Waals surface area contributed by atoms with E-state index >= 15 is 0 Å². The molecule has 2 amide bonds. The molecule has 1 saturated carbocycles. The summed E-state index contributed by atoms with van der Waals surface area (Å²) in [4.78, 5) is 25.7. The van der Waals surface area contributed by atoms with Gasteiger partial charge in [-0.05, 0) is 26.7 Å². The van der Waals surface area contributed by atoms with E-state index in [1.165, 1.54) is 0 Å². The molecule has 1 aliphatic heterocycles. The number of morpholine rings is 1. The second kappa shape index (κ2) is 5.04. The van der Waals surface area contributed by atoms with Crippen molar-refractivity contribution in [3.8, 4) is 0 Å². The van der Waals surface area contributed by atoms with E-state index in [2.05, 4.69) is 5.32 Å². The highest BCUT2D eigenvalue weighted by molar-refractivity contribution is 5.89. The van der Waals surface area contributed by atoms with Gasteiger partial charge in [0, 0.05) is 18.5 Å². The average molecular weight is 240 g/mol. The average Bonchev–Trinajstić information content (AvgIpc) is 3.11. The van der Waals surface area contributed by atoms with Crippen molar-refractivity contribution in [1.82, 2.24) is 10.2 Å². The van der Waals surface area contributed by atoms with E-state index in [-0.39, 0.29) is 23.8 Å². The summed E-state index contributed by atoms with van der Waals surface area (Å²) in [6, 6.07) is -0.360. The Bertz CT molecular complexity index is 313. The molecule has 0 aromatic carbocycles. The van der Waals surface area contributed by atoms with Crippen LogP contribution in [0.1, 0.15) is 26.7 Å². The molecule has 2 rings (SSSR count). The molecule has 2 aliphatic rings. The Hall–Kier alpha value is -1.10. The zero-order valence-electron chi connectivity index (χ0n) is 10.4. The molecule has 2 fully saturated rings. The Kier molecular flexibility index (Phi) is 3.66. The number of carbonyl (C=O) groups excluding carboxylic acids is 2. The van der Waals surface area contributed by atoms with E-state index in [1.807, 2.05) is 13.8 Å². The molecule has 17 heavy (non-hydrogen) atoms. The predicted octanol–water partition coefficient (Wildman–Crippen LogP) is 0.148. The second-order valence-corrected chi connectivity index (χ2v) is 5.06. The topological polar surface area (TPSA) is 58.6 Å². The van der Waals surface area contributed by atoms with Gasteiger partial charge in [-0.15, -0.1) is 0 Å². The third-order valence-corrected chi connectivity index (χ3v) is 3.07. The van der Waals surface area contributed by atoms with E-state index in [1.54, 1.807) is 4.90 Å². The van der Waals surface area contributed by atoms with Crippen molar-refractivity contribution in [2.45, 2.75) is 38.8 Å². The Labute approximate surface area is 101 Å². The van der Waals surface area contributed by atoms with E-state index in [0.717, 1.165) is 12.8 Å². The number of ether oxygens (including phenoxy) is 1. The van der Waals surface area contributed by atoms with E-state index in [0.29, 0.717) is 19.8 Å². The SMILES string of the molecule is CC(C)NC(=O)C1COCCN1C(=O)C1CC1. The number of nitrogens with zero attached hydrogens (tertiary/aromatic N) is 1. The summed E-state index contributed by atoms with van der Waals surface area (Å²) in [6.45, 7) is 5.20. The number of hydrogen-bond donors (Lipinski definition) is 1. The van der Waals surface area contributed by atoms with Gasteiger partial charge in [0.15, 0.2) is 0 Å². The Morgan fingerprint density at radius 3 is 2.65 bits per heavy atom. The zero-order valence-corrected chi connectivity index (χ0v) is 10.4. The van der Waals surface area contributed by atoms with Gasteiger partial charge in [0.1, 0.15) is 6.04 Å². The molecule has 0 spiro atoms. The quantitative estimate of drug-likeness (QED) is 0.764. The van der Waals surface area contributed by atoms with Crippen LogP contribution in [0.25, 0.3) is 0 Å². The number of carbonyl (C=O) groups is 2. The van der Waals surface area contributed by atoms with Crippen LogP contribution in [0, 0.1) is 5.92 Å². The summed E-state index contributed by atoms with van der Waals surface area (Å²) in [5.74, 6) is 0.174. The fourth-order valence-electron chi connectivity index (χ4n) is 2.03. The van der Waals surface area contributed by atoms with Gasteiger partial charge in [-0.2, -0.15) is 0 Å². The molecular weight excluding hydrogens is 220 g/mol. The largest absolute Gasteiger partial charge is 0.377 e. The molecule has 5 heteroatoms. The lowest BCUT2D eigenvalue weighted by Crippen LogP contribution is -2.57. The van der Waals surface area contributed by atoms with Crippen molar-refractivity contribution in [2.24, 2.45) is 5.92 Å². The third kappa shape index (κ3) is 2.97. The van der Waals surface area contributed by atoms with Gasteiger partial charge < -0.3 is 15.0 Å². The molecule has 0 aromatic rings. The number of nitrogens with one attached hydrogen (secondary N) is 1. The maximum atomic E-state index is 12.1. The lowest BCUT2D eigenvalue weighted by Gasteiger charge is -2.35. The van der Waals surface area contributed by atoms with Crippen molar-refractivity contribution in [1.29, 1.82) is 0 Å². The fourth-order valence-corrected chi connectivity index (χ4v) is 2.03. The van der Waals surface area contributed by atoms with Crippen LogP contribution in [0.15, 0.2) is 0 Å². The number of hydrogen-bond acceptors (Lipinski definition) is 3. The highest BCUT2D eigenvalue weighted by Gasteiger charge is 2.40. The minimum absolute atomic E-state index is 0.0855. The van der Waals surface area contributed by atoms with Crippen molar-refractivity contribution >= 4 is 11.8 Å². The number of amides is 2. The first-order valence-corrected chi connectivity index (χ1v) is 6.28. The Morgan fingerprint density at radius 2 is 2.06 bits per heavy atom. The summed E-state index contributed by atoms with van der Waals surface area (Å²) in [5, 5.41) is 2.84. The minimum atomic E-state index is -0.445. The maximum Gasteiger partial charge on any atom is 0.245 e. The van der Waals surface area contributed by atoms with Crippen molar-refractivity contribution in [3.05, 3.63) is 0 Å². The van der Waals surface area contributed by atoms with E-state index in [9.17, 15) is 9.59 Å². The van der Waals surface area contributed by atoms with Crippen LogP contribution in [0.5, 0.6) is 0 Å². The monoisotopic (exact) mass is 240 g/mol. The van der Waals surface area contributed by atoms with E-state index in [4.69, 9.17) is 4.74 Å². The highest BCUT2D eigenvalue weighted by Crippen LogP contribution is 2.32. The van der Waals surface area contributed by atoms with Gasteiger partial charge in [-0.1, -0.05) is 0 Å². The van der Waals surface area contributed by atoms with Gasteiger partial charge in [0.05, 0.1) is 13.2 Å². The first kappa shape index (κ1) is 12.4. The first-order valence-electron chi connectivity index (χ1n) is 6.28. The fraction of sp³-hybridized carbons (Fsp3) is 0.833. The van der Waals surface area contributed by atoms with Crippen LogP contribution in [-0.2, 0) is 14.3 Å². The molecule has 1 atom stereocenters. The first-order chi connectivity index (χ1) is 8.09. The molecule has 1 aliphatic carbocycles. The molecule has 1 unspecified atom stereocenters. The third-order valence-electron chi connectivity index (χ3n) is 3.07. The van der Waals surface area contributed by atoms with Gasteiger partial charge in [0.2, 0.25) is 11.8 Å². The molecule has 96 valence electrons. The number of rotatable bonds is 3. The van der Waals surface area contributed by atoms with Gasteiger partial charge >= 0.3 is 0 Å². The predicted molar refractivity (Wildman–Crippen MR) is 62.3 cm³/mol. The highest BCUT2D eigenvalue weighted by atomic mass is 16.5. The summed E-state index contributed by atoms with van der Waals surface area (Å²) in [5.41, 5.74) is 0. The molecule has 0 bridgehead atoms. The lowest BCUT2D eigenvalue weighted by atomic mass is 10.1. The summed E-state index contributed by atoms with van der Waals surface area (Å²) < 4.78 is 5.31. The molecule has 0 aromatic heterocycles. The van der Waals surface area contributed by atoms with Crippen LogP contribution in [0.2, 0.25) is 0 Å². The second-order valence-electron chi connectivity index (χ2n) is 5.06. The minimum Gasteiger partial charge on any atom is -0.377 e. The van der Waals surface area contributed by atoms with E-state index < -0.39 is 6.04 Å². The lowest BCUT2D eigenvalue weighted by molar-refractivity contribution is -0.149. The van der Waals surface area contributed by atoms with Crippen LogP contribution < -0.4 is 5.32 Å². The molecular formula is C12H20N2O3. The van der Waals surface area contributed by atoms with Gasteiger partial charge in [0.25, 0.3) is 0 Å². The van der Waals surface area contributed by atoms with Crippen LogP contribution in [-0.4, -0.2) is 48.6 Å². The van der Waals surface area contributed by atoms with Crippen molar-refractivity contribution in [2.75, 3.05) is 19.8 Å². The van der Waals surface area contributed by atoms with Gasteiger partial charge in [-0.25, -0.2) is 0 Å².